The maximum absolute atomic E-state index is 11.9. The average molecular weight is 374 g/mol. The van der Waals surface area contributed by atoms with E-state index < -0.39 is 11.9 Å². The molecule has 0 saturated carbocycles. The number of hydrogen-bond acceptors (Lipinski definition) is 8. The highest BCUT2D eigenvalue weighted by molar-refractivity contribution is 7.99. The first-order valence-corrected chi connectivity index (χ1v) is 8.75. The van der Waals surface area contributed by atoms with E-state index in [2.05, 4.69) is 31.7 Å². The first-order valence-electron chi connectivity index (χ1n) is 7.87. The fourth-order valence-corrected chi connectivity index (χ4v) is 3.51. The highest BCUT2D eigenvalue weighted by Crippen LogP contribution is 2.34. The minimum atomic E-state index is -0.672. The Morgan fingerprint density at radius 3 is 2.85 bits per heavy atom. The minimum Gasteiger partial charge on any atom is -0.466 e. The first kappa shape index (κ1) is 18.0. The Bertz CT molecular complexity index is 877. The Morgan fingerprint density at radius 2 is 2.12 bits per heavy atom. The highest BCUT2D eigenvalue weighted by Gasteiger charge is 2.24. The van der Waals surface area contributed by atoms with Crippen molar-refractivity contribution in [2.75, 3.05) is 19.5 Å². The molecule has 1 atom stereocenters. The molecule has 0 amide bonds. The summed E-state index contributed by atoms with van der Waals surface area (Å²) in [5.74, 6) is -0.568. The lowest BCUT2D eigenvalue weighted by Crippen LogP contribution is -2.15. The fourth-order valence-electron chi connectivity index (χ4n) is 2.55. The lowest BCUT2D eigenvalue weighted by Gasteiger charge is -2.10. The van der Waals surface area contributed by atoms with Crippen LogP contribution in [0.3, 0.4) is 0 Å². The van der Waals surface area contributed by atoms with Crippen molar-refractivity contribution >= 4 is 29.4 Å². The van der Waals surface area contributed by atoms with Gasteiger partial charge in [-0.2, -0.15) is 0 Å². The average Bonchev–Trinajstić information content (AvgIpc) is 3.19. The van der Waals surface area contributed by atoms with E-state index >= 15 is 0 Å². The Morgan fingerprint density at radius 1 is 1.31 bits per heavy atom. The molecule has 1 unspecified atom stereocenters. The number of anilines is 1. The lowest BCUT2D eigenvalue weighted by atomic mass is 10.2. The quantitative estimate of drug-likeness (QED) is 0.628. The van der Waals surface area contributed by atoms with E-state index in [-0.39, 0.29) is 5.70 Å². The van der Waals surface area contributed by atoms with Crippen LogP contribution in [0.1, 0.15) is 6.92 Å². The maximum Gasteiger partial charge on any atom is 0.354 e. The zero-order valence-electron chi connectivity index (χ0n) is 14.6. The minimum absolute atomic E-state index is 0.0212. The van der Waals surface area contributed by atoms with Crippen molar-refractivity contribution in [3.05, 3.63) is 36.0 Å². The van der Waals surface area contributed by atoms with Gasteiger partial charge in [-0.3, -0.25) is 0 Å². The summed E-state index contributed by atoms with van der Waals surface area (Å²) in [4.78, 5) is 23.4. The molecular formula is C17H18N4O4S. The standard InChI is InChI=1S/C17H18N4O4S/c1-10-9-21-15(19-20-17(21)26-10)11-5-4-6-12(7-11)18-13(16(23)25-3)8-14(22)24-2/h4-8,10,18H,9H2,1-3H3/b13-8+. The number of thioether (sulfide) groups is 1. The molecule has 0 radical (unpaired) electrons. The van der Waals surface area contributed by atoms with Gasteiger partial charge in [-0.1, -0.05) is 30.8 Å². The zero-order valence-corrected chi connectivity index (χ0v) is 15.4. The van der Waals surface area contributed by atoms with Crippen LogP contribution in [0.15, 0.2) is 41.2 Å². The molecule has 1 aromatic heterocycles. The molecule has 1 aliphatic heterocycles. The van der Waals surface area contributed by atoms with Gasteiger partial charge in [0.1, 0.15) is 5.70 Å². The van der Waals surface area contributed by atoms with Crippen molar-refractivity contribution in [1.29, 1.82) is 0 Å². The van der Waals surface area contributed by atoms with Crippen LogP contribution in [-0.2, 0) is 25.6 Å². The lowest BCUT2D eigenvalue weighted by molar-refractivity contribution is -0.138. The van der Waals surface area contributed by atoms with Crippen molar-refractivity contribution < 1.29 is 19.1 Å². The summed E-state index contributed by atoms with van der Waals surface area (Å²) in [6, 6.07) is 7.35. The van der Waals surface area contributed by atoms with Gasteiger partial charge in [0.25, 0.3) is 0 Å². The van der Waals surface area contributed by atoms with Gasteiger partial charge in [0.2, 0.25) is 0 Å². The zero-order chi connectivity index (χ0) is 18.7. The number of nitrogens with one attached hydrogen (secondary N) is 1. The van der Waals surface area contributed by atoms with Gasteiger partial charge in [-0.05, 0) is 12.1 Å². The summed E-state index contributed by atoms with van der Waals surface area (Å²) in [6.45, 7) is 2.98. The number of esters is 2. The molecule has 26 heavy (non-hydrogen) atoms. The monoisotopic (exact) mass is 374 g/mol. The Labute approximate surface area is 154 Å². The molecule has 2 aromatic rings. The van der Waals surface area contributed by atoms with Crippen LogP contribution >= 0.6 is 11.8 Å². The maximum atomic E-state index is 11.9. The second-order valence-electron chi connectivity index (χ2n) is 5.62. The third kappa shape index (κ3) is 3.72. The van der Waals surface area contributed by atoms with Crippen molar-refractivity contribution in [3.8, 4) is 11.4 Å². The molecule has 0 saturated heterocycles. The molecule has 0 fully saturated rings. The molecular weight excluding hydrogens is 356 g/mol. The van der Waals surface area contributed by atoms with Crippen LogP contribution in [-0.4, -0.2) is 46.2 Å². The fraction of sp³-hybridized carbons (Fsp3) is 0.294. The third-order valence-electron chi connectivity index (χ3n) is 3.73. The van der Waals surface area contributed by atoms with Gasteiger partial charge in [0.05, 0.1) is 20.3 Å². The summed E-state index contributed by atoms with van der Waals surface area (Å²) in [5, 5.41) is 12.7. The second-order valence-corrected chi connectivity index (χ2v) is 7.03. The van der Waals surface area contributed by atoms with Gasteiger partial charge in [-0.25, -0.2) is 9.59 Å². The van der Waals surface area contributed by atoms with Crippen LogP contribution in [0.2, 0.25) is 0 Å². The third-order valence-corrected chi connectivity index (χ3v) is 4.80. The topological polar surface area (TPSA) is 95.3 Å². The summed E-state index contributed by atoms with van der Waals surface area (Å²) in [7, 11) is 2.48. The number of nitrogens with zero attached hydrogens (tertiary/aromatic N) is 3. The van der Waals surface area contributed by atoms with Crippen molar-refractivity contribution in [3.63, 3.8) is 0 Å². The van der Waals surface area contributed by atoms with E-state index in [0.29, 0.717) is 10.9 Å². The van der Waals surface area contributed by atoms with Gasteiger partial charge in [0.15, 0.2) is 11.0 Å². The molecule has 9 heteroatoms. The summed E-state index contributed by atoms with van der Waals surface area (Å²) < 4.78 is 11.3. The molecule has 8 nitrogen and oxygen atoms in total. The van der Waals surface area contributed by atoms with Crippen LogP contribution in [0, 0.1) is 0 Å². The molecule has 0 aliphatic carbocycles. The molecule has 2 heterocycles. The molecule has 1 N–H and O–H groups in total. The largest absolute Gasteiger partial charge is 0.466 e. The number of benzene rings is 1. The van der Waals surface area contributed by atoms with E-state index in [9.17, 15) is 9.59 Å². The van der Waals surface area contributed by atoms with E-state index in [1.54, 1.807) is 17.8 Å². The van der Waals surface area contributed by atoms with Gasteiger partial charge >= 0.3 is 11.9 Å². The SMILES string of the molecule is COC(=O)/C=C(/Nc1cccc(-c2nnc3n2CC(C)S3)c1)C(=O)OC. The van der Waals surface area contributed by atoms with Gasteiger partial charge in [-0.15, -0.1) is 10.2 Å². The normalized spacial score (nSPS) is 16.1. The Balaban J connectivity index is 1.89. The van der Waals surface area contributed by atoms with E-state index in [1.165, 1.54) is 14.2 Å². The number of ether oxygens (including phenoxy) is 2. The molecule has 0 bridgehead atoms. The van der Waals surface area contributed by atoms with Crippen LogP contribution in [0.25, 0.3) is 11.4 Å². The van der Waals surface area contributed by atoms with Gasteiger partial charge in [0, 0.05) is 23.0 Å². The van der Waals surface area contributed by atoms with E-state index in [1.807, 2.05) is 18.2 Å². The first-order chi connectivity index (χ1) is 12.5. The highest BCUT2D eigenvalue weighted by atomic mass is 32.2. The summed E-state index contributed by atoms with van der Waals surface area (Å²) in [5.41, 5.74) is 1.44. The van der Waals surface area contributed by atoms with Gasteiger partial charge < -0.3 is 19.4 Å². The van der Waals surface area contributed by atoms with Crippen LogP contribution in [0.5, 0.6) is 0 Å². The van der Waals surface area contributed by atoms with E-state index in [4.69, 9.17) is 4.74 Å². The predicted molar refractivity (Wildman–Crippen MR) is 96.5 cm³/mol. The number of aromatic nitrogens is 3. The Kier molecular flexibility index (Phi) is 5.27. The summed E-state index contributed by atoms with van der Waals surface area (Å²) in [6.07, 6.45) is 1.05. The number of carbonyl (C=O) groups excluding carboxylic acids is 2. The molecule has 3 rings (SSSR count). The number of fused-ring (bicyclic) bond motifs is 1. The predicted octanol–water partition coefficient (Wildman–Crippen LogP) is 2.08. The summed E-state index contributed by atoms with van der Waals surface area (Å²) >= 11 is 1.69. The smallest absolute Gasteiger partial charge is 0.354 e. The molecule has 1 aliphatic rings. The van der Waals surface area contributed by atoms with Crippen LogP contribution < -0.4 is 5.32 Å². The van der Waals surface area contributed by atoms with Crippen molar-refractivity contribution in [2.24, 2.45) is 0 Å². The molecule has 1 aromatic carbocycles. The second kappa shape index (κ2) is 7.61. The number of hydrogen-bond donors (Lipinski definition) is 1. The van der Waals surface area contributed by atoms with Crippen LogP contribution in [0.4, 0.5) is 5.69 Å². The number of rotatable bonds is 5. The van der Waals surface area contributed by atoms with Crippen molar-refractivity contribution in [2.45, 2.75) is 23.9 Å². The van der Waals surface area contributed by atoms with E-state index in [0.717, 1.165) is 29.2 Å². The number of carbonyl (C=O) groups is 2. The number of methoxy groups -OCH3 is 2. The van der Waals surface area contributed by atoms with Crippen molar-refractivity contribution in [1.82, 2.24) is 14.8 Å². The molecule has 0 spiro atoms. The molecule has 136 valence electrons. The Hall–Kier alpha value is -2.81.